The molecule has 0 saturated carbocycles. The summed E-state index contributed by atoms with van der Waals surface area (Å²) in [5.41, 5.74) is 7.24. The first-order chi connectivity index (χ1) is 10.2. The molecule has 0 radical (unpaired) electrons. The minimum Gasteiger partial charge on any atom is -0.399 e. The molecule has 0 amide bonds. The first-order valence-corrected chi connectivity index (χ1v) is 7.93. The van der Waals surface area contributed by atoms with Crippen molar-refractivity contribution in [1.29, 1.82) is 0 Å². The van der Waals surface area contributed by atoms with E-state index in [0.29, 0.717) is 11.1 Å². The number of benzene rings is 1. The fourth-order valence-electron chi connectivity index (χ4n) is 2.35. The van der Waals surface area contributed by atoms with Crippen LogP contribution in [0.2, 0.25) is 0 Å². The van der Waals surface area contributed by atoms with E-state index in [1.54, 1.807) is 4.57 Å². The van der Waals surface area contributed by atoms with E-state index >= 15 is 0 Å². The third kappa shape index (κ3) is 2.56. The maximum Gasteiger partial charge on any atom is 0.266 e. The molecule has 0 fully saturated rings. The predicted octanol–water partition coefficient (Wildman–Crippen LogP) is 3.37. The van der Waals surface area contributed by atoms with Crippen LogP contribution in [0.15, 0.2) is 40.5 Å². The summed E-state index contributed by atoms with van der Waals surface area (Å²) >= 11 is 1.51. The van der Waals surface area contributed by atoms with Crippen LogP contribution in [0, 0.1) is 0 Å². The van der Waals surface area contributed by atoms with Crippen molar-refractivity contribution < 1.29 is 0 Å². The third-order valence-electron chi connectivity index (χ3n) is 3.47. The number of aryl methyl sites for hydroxylation is 1. The van der Waals surface area contributed by atoms with Gasteiger partial charge in [0.05, 0.1) is 11.1 Å². The van der Waals surface area contributed by atoms with Crippen LogP contribution in [-0.2, 0) is 6.42 Å². The first-order valence-electron chi connectivity index (χ1n) is 7.05. The molecule has 4 nitrogen and oxygen atoms in total. The molecule has 108 valence electrons. The van der Waals surface area contributed by atoms with Gasteiger partial charge in [0.2, 0.25) is 0 Å². The highest BCUT2D eigenvalue weighted by atomic mass is 32.1. The Morgan fingerprint density at radius 2 is 2.00 bits per heavy atom. The van der Waals surface area contributed by atoms with Gasteiger partial charge in [0, 0.05) is 12.1 Å². The van der Waals surface area contributed by atoms with Crippen LogP contribution in [0.5, 0.6) is 0 Å². The highest BCUT2D eigenvalue weighted by Gasteiger charge is 2.13. The van der Waals surface area contributed by atoms with Gasteiger partial charge in [-0.2, -0.15) is 0 Å². The zero-order chi connectivity index (χ0) is 14.8. The van der Waals surface area contributed by atoms with Crippen molar-refractivity contribution in [1.82, 2.24) is 9.55 Å². The molecule has 1 aromatic carbocycles. The number of hydrogen-bond donors (Lipinski definition) is 1. The van der Waals surface area contributed by atoms with E-state index in [2.05, 4.69) is 11.9 Å². The number of nitrogen functional groups attached to an aromatic ring is 1. The van der Waals surface area contributed by atoms with Gasteiger partial charge < -0.3 is 5.73 Å². The Balaban J connectivity index is 2.24. The molecular formula is C16H17N3OS. The Bertz CT molecular complexity index is 818. The predicted molar refractivity (Wildman–Crippen MR) is 88.2 cm³/mol. The van der Waals surface area contributed by atoms with E-state index in [9.17, 15) is 4.79 Å². The molecule has 0 spiro atoms. The zero-order valence-electron chi connectivity index (χ0n) is 11.9. The molecule has 3 rings (SSSR count). The van der Waals surface area contributed by atoms with Crippen LogP contribution in [0.4, 0.5) is 5.69 Å². The zero-order valence-corrected chi connectivity index (χ0v) is 12.7. The Hall–Kier alpha value is -2.14. The average molecular weight is 299 g/mol. The Kier molecular flexibility index (Phi) is 3.75. The molecule has 0 aliphatic carbocycles. The maximum atomic E-state index is 12.8. The minimum atomic E-state index is -0.00266. The van der Waals surface area contributed by atoms with Crippen LogP contribution < -0.4 is 11.3 Å². The van der Waals surface area contributed by atoms with Crippen molar-refractivity contribution in [2.75, 3.05) is 5.73 Å². The fourth-order valence-corrected chi connectivity index (χ4v) is 3.12. The number of hydrogen-bond acceptors (Lipinski definition) is 4. The summed E-state index contributed by atoms with van der Waals surface area (Å²) in [5, 5.41) is 2.59. The summed E-state index contributed by atoms with van der Waals surface area (Å²) in [7, 11) is 0. The second-order valence-electron chi connectivity index (χ2n) is 5.00. The van der Waals surface area contributed by atoms with Crippen molar-refractivity contribution >= 4 is 27.2 Å². The van der Waals surface area contributed by atoms with Crippen LogP contribution >= 0.6 is 11.3 Å². The monoisotopic (exact) mass is 299 g/mol. The Labute approximate surface area is 126 Å². The quantitative estimate of drug-likeness (QED) is 0.751. The lowest BCUT2D eigenvalue weighted by atomic mass is 10.2. The fraction of sp³-hybridized carbons (Fsp3) is 0.250. The second kappa shape index (κ2) is 5.69. The lowest BCUT2D eigenvalue weighted by Gasteiger charge is -2.12. The largest absolute Gasteiger partial charge is 0.399 e. The Morgan fingerprint density at radius 3 is 2.71 bits per heavy atom. The summed E-state index contributed by atoms with van der Waals surface area (Å²) in [5.74, 6) is 0.821. The lowest BCUT2D eigenvalue weighted by molar-refractivity contribution is 0.721. The molecule has 2 aromatic heterocycles. The number of fused-ring (bicyclic) bond motifs is 1. The number of anilines is 1. The van der Waals surface area contributed by atoms with E-state index < -0.39 is 0 Å². The molecule has 0 aliphatic heterocycles. The minimum absolute atomic E-state index is 0.00266. The molecule has 0 aliphatic rings. The van der Waals surface area contributed by atoms with Crippen molar-refractivity contribution in [3.05, 3.63) is 51.9 Å². The number of unbranched alkanes of at least 4 members (excludes halogenated alkanes) is 1. The lowest BCUT2D eigenvalue weighted by Crippen LogP contribution is -2.23. The summed E-state index contributed by atoms with van der Waals surface area (Å²) in [6.45, 7) is 2.13. The Morgan fingerprint density at radius 1 is 1.24 bits per heavy atom. The number of nitrogens with two attached hydrogens (primary N) is 1. The van der Waals surface area contributed by atoms with E-state index in [-0.39, 0.29) is 5.56 Å². The van der Waals surface area contributed by atoms with Crippen LogP contribution in [0.3, 0.4) is 0 Å². The van der Waals surface area contributed by atoms with Crippen LogP contribution in [-0.4, -0.2) is 9.55 Å². The molecule has 2 N–H and O–H groups in total. The molecule has 5 heteroatoms. The highest BCUT2D eigenvalue weighted by Crippen LogP contribution is 2.19. The molecule has 0 saturated heterocycles. The molecule has 2 heterocycles. The van der Waals surface area contributed by atoms with Gasteiger partial charge in [-0.1, -0.05) is 13.3 Å². The molecule has 0 bridgehead atoms. The number of rotatable bonds is 4. The van der Waals surface area contributed by atoms with E-state index in [1.807, 2.05) is 35.7 Å². The van der Waals surface area contributed by atoms with Gasteiger partial charge in [-0.25, -0.2) is 4.98 Å². The van der Waals surface area contributed by atoms with Gasteiger partial charge >= 0.3 is 0 Å². The van der Waals surface area contributed by atoms with Crippen molar-refractivity contribution in [2.45, 2.75) is 26.2 Å². The van der Waals surface area contributed by atoms with E-state index in [4.69, 9.17) is 5.73 Å². The van der Waals surface area contributed by atoms with E-state index in [0.717, 1.165) is 35.6 Å². The van der Waals surface area contributed by atoms with Gasteiger partial charge in [-0.15, -0.1) is 11.3 Å². The smallest absolute Gasteiger partial charge is 0.266 e. The summed E-state index contributed by atoms with van der Waals surface area (Å²) in [4.78, 5) is 18.3. The number of aromatic nitrogens is 2. The summed E-state index contributed by atoms with van der Waals surface area (Å²) in [6.07, 6.45) is 2.88. The van der Waals surface area contributed by atoms with Crippen molar-refractivity contribution in [2.24, 2.45) is 0 Å². The standard InChI is InChI=1S/C16H17N3OS/c1-2-3-4-14-18-15-13(9-10-21-15)16(20)19(14)12-7-5-11(17)6-8-12/h5-10H,2-4,17H2,1H3. The van der Waals surface area contributed by atoms with Crippen LogP contribution in [0.25, 0.3) is 15.9 Å². The number of thiophene rings is 1. The van der Waals surface area contributed by atoms with Crippen molar-refractivity contribution in [3.63, 3.8) is 0 Å². The van der Waals surface area contributed by atoms with Crippen molar-refractivity contribution in [3.8, 4) is 5.69 Å². The molecule has 21 heavy (non-hydrogen) atoms. The maximum absolute atomic E-state index is 12.8. The van der Waals surface area contributed by atoms with Gasteiger partial charge in [0.1, 0.15) is 10.7 Å². The van der Waals surface area contributed by atoms with Gasteiger partial charge in [-0.3, -0.25) is 9.36 Å². The summed E-state index contributed by atoms with van der Waals surface area (Å²) in [6, 6.07) is 9.19. The summed E-state index contributed by atoms with van der Waals surface area (Å²) < 4.78 is 1.71. The second-order valence-corrected chi connectivity index (χ2v) is 5.90. The van der Waals surface area contributed by atoms with Crippen LogP contribution in [0.1, 0.15) is 25.6 Å². The van der Waals surface area contributed by atoms with Gasteiger partial charge in [-0.05, 0) is 42.1 Å². The molecular weight excluding hydrogens is 282 g/mol. The normalized spacial score (nSPS) is 11.1. The van der Waals surface area contributed by atoms with E-state index in [1.165, 1.54) is 11.3 Å². The van der Waals surface area contributed by atoms with Gasteiger partial charge in [0.25, 0.3) is 5.56 Å². The topological polar surface area (TPSA) is 60.9 Å². The molecule has 3 aromatic rings. The SMILES string of the molecule is CCCCc1nc2sccc2c(=O)n1-c1ccc(N)cc1. The van der Waals surface area contributed by atoms with Gasteiger partial charge in [0.15, 0.2) is 0 Å². The number of nitrogens with zero attached hydrogens (tertiary/aromatic N) is 2. The molecule has 0 atom stereocenters. The first kappa shape index (κ1) is 13.8. The average Bonchev–Trinajstić information content (AvgIpc) is 2.95. The third-order valence-corrected chi connectivity index (χ3v) is 4.28. The highest BCUT2D eigenvalue weighted by molar-refractivity contribution is 7.16. The molecule has 0 unspecified atom stereocenters.